The van der Waals surface area contributed by atoms with Crippen LogP contribution in [0.2, 0.25) is 0 Å². The Labute approximate surface area is 192 Å². The molecule has 1 fully saturated rings. The summed E-state index contributed by atoms with van der Waals surface area (Å²) in [6.45, 7) is -0.00658. The predicted molar refractivity (Wildman–Crippen MR) is 118 cm³/mol. The van der Waals surface area contributed by atoms with Crippen LogP contribution in [0.1, 0.15) is 29.8 Å². The first-order valence-electron chi connectivity index (χ1n) is 10.4. The topological polar surface area (TPSA) is 121 Å². The van der Waals surface area contributed by atoms with E-state index in [1.165, 1.54) is 35.0 Å². The number of aromatic hydroxyl groups is 1. The summed E-state index contributed by atoms with van der Waals surface area (Å²) < 4.78 is 44.5. The monoisotopic (exact) mass is 477 g/mol. The maximum absolute atomic E-state index is 14.3. The molecule has 0 amide bonds. The zero-order valence-corrected chi connectivity index (χ0v) is 18.3. The molecular formula is C23H16FN5O4S. The molecule has 2 aliphatic heterocycles. The van der Waals surface area contributed by atoms with E-state index in [0.29, 0.717) is 28.6 Å². The lowest BCUT2D eigenvalue weighted by molar-refractivity contribution is 0.341. The number of sulfonamides is 1. The van der Waals surface area contributed by atoms with Gasteiger partial charge in [-0.05, 0) is 42.8 Å². The molecule has 2 aromatic heterocycles. The van der Waals surface area contributed by atoms with Gasteiger partial charge >= 0.3 is 5.69 Å². The molecular weight excluding hydrogens is 461 g/mol. The fourth-order valence-corrected chi connectivity index (χ4v) is 6.82. The molecule has 2 aliphatic rings. The number of rotatable bonds is 3. The summed E-state index contributed by atoms with van der Waals surface area (Å²) in [5.41, 5.74) is 0.683. The summed E-state index contributed by atoms with van der Waals surface area (Å²) in [6, 6.07) is 12.3. The lowest BCUT2D eigenvalue weighted by Crippen LogP contribution is -2.38. The van der Waals surface area contributed by atoms with Crippen molar-refractivity contribution in [2.45, 2.75) is 23.4 Å². The van der Waals surface area contributed by atoms with E-state index in [4.69, 9.17) is 0 Å². The first-order chi connectivity index (χ1) is 16.3. The van der Waals surface area contributed by atoms with Crippen LogP contribution in [0, 0.1) is 17.1 Å². The van der Waals surface area contributed by atoms with Crippen LogP contribution in [0.4, 0.5) is 4.39 Å². The molecule has 0 saturated carbocycles. The van der Waals surface area contributed by atoms with Gasteiger partial charge in [-0.3, -0.25) is 9.55 Å². The van der Waals surface area contributed by atoms with Crippen LogP contribution >= 0.6 is 0 Å². The number of nitriles is 1. The van der Waals surface area contributed by atoms with Crippen molar-refractivity contribution < 1.29 is 17.9 Å². The summed E-state index contributed by atoms with van der Waals surface area (Å²) >= 11 is 0. The standard InChI is InChI=1S/C23H16FN5O4S/c24-16-5-1-2-6-19(16)34(32,33)27-12-14-10-18(27)21-22(30)29(23(31)28(14)21)17-8-7-13(11-25)20-15(17)4-3-9-26-20/h1-9,14,18,30H,10,12H2/t14-,18?/m1/s1. The van der Waals surface area contributed by atoms with Gasteiger partial charge in [0.15, 0.2) is 0 Å². The third-order valence-corrected chi connectivity index (χ3v) is 8.45. The Morgan fingerprint density at radius 1 is 1.15 bits per heavy atom. The molecule has 34 heavy (non-hydrogen) atoms. The van der Waals surface area contributed by atoms with E-state index in [0.717, 1.165) is 14.9 Å². The fraction of sp³-hybridized carbons (Fsp3) is 0.174. The maximum atomic E-state index is 14.3. The predicted octanol–water partition coefficient (Wildman–Crippen LogP) is 2.59. The molecule has 4 heterocycles. The molecule has 6 rings (SSSR count). The number of pyridine rings is 1. The number of hydrogen-bond acceptors (Lipinski definition) is 6. The molecule has 1 saturated heterocycles. The summed E-state index contributed by atoms with van der Waals surface area (Å²) in [7, 11) is -4.20. The van der Waals surface area contributed by atoms with Gasteiger partial charge in [0.25, 0.3) is 0 Å². The van der Waals surface area contributed by atoms with Crippen LogP contribution in [0.25, 0.3) is 16.6 Å². The van der Waals surface area contributed by atoms with Crippen LogP contribution in [0.3, 0.4) is 0 Å². The number of imidazole rings is 1. The van der Waals surface area contributed by atoms with E-state index in [1.807, 2.05) is 0 Å². The Bertz CT molecular complexity index is 1720. The van der Waals surface area contributed by atoms with E-state index in [2.05, 4.69) is 11.1 Å². The van der Waals surface area contributed by atoms with Crippen LogP contribution < -0.4 is 5.69 Å². The molecule has 4 aromatic rings. The first kappa shape index (κ1) is 20.6. The van der Waals surface area contributed by atoms with Crippen molar-refractivity contribution in [3.8, 4) is 17.6 Å². The number of halogens is 1. The highest BCUT2D eigenvalue weighted by atomic mass is 32.2. The largest absolute Gasteiger partial charge is 0.493 e. The Kier molecular flexibility index (Phi) is 4.23. The molecule has 9 nitrogen and oxygen atoms in total. The molecule has 0 radical (unpaired) electrons. The van der Waals surface area contributed by atoms with Crippen molar-refractivity contribution in [2.24, 2.45) is 0 Å². The van der Waals surface area contributed by atoms with Gasteiger partial charge in [0.2, 0.25) is 15.9 Å². The van der Waals surface area contributed by atoms with Crippen LogP contribution in [-0.2, 0) is 10.0 Å². The summed E-state index contributed by atoms with van der Waals surface area (Å²) in [5.74, 6) is -1.25. The second-order valence-corrected chi connectivity index (χ2v) is 10.1. The lowest BCUT2D eigenvalue weighted by atomic mass is 10.1. The van der Waals surface area contributed by atoms with Gasteiger partial charge in [-0.1, -0.05) is 12.1 Å². The average molecular weight is 477 g/mol. The lowest BCUT2D eigenvalue weighted by Gasteiger charge is -2.27. The minimum Gasteiger partial charge on any atom is -0.493 e. The highest BCUT2D eigenvalue weighted by Gasteiger charge is 2.52. The van der Waals surface area contributed by atoms with Crippen molar-refractivity contribution in [1.29, 1.82) is 5.26 Å². The van der Waals surface area contributed by atoms with Crippen molar-refractivity contribution in [3.63, 3.8) is 0 Å². The quantitative estimate of drug-likeness (QED) is 0.484. The zero-order chi connectivity index (χ0) is 23.8. The molecule has 2 bridgehead atoms. The van der Waals surface area contributed by atoms with Gasteiger partial charge in [0.1, 0.15) is 22.5 Å². The summed E-state index contributed by atoms with van der Waals surface area (Å²) in [4.78, 5) is 17.2. The third-order valence-electron chi connectivity index (χ3n) is 6.54. The van der Waals surface area contributed by atoms with E-state index in [1.54, 1.807) is 18.2 Å². The molecule has 11 heteroatoms. The van der Waals surface area contributed by atoms with Crippen molar-refractivity contribution in [2.75, 3.05) is 6.54 Å². The van der Waals surface area contributed by atoms with Crippen molar-refractivity contribution >= 4 is 20.9 Å². The average Bonchev–Trinajstić information content (AvgIpc) is 3.50. The van der Waals surface area contributed by atoms with Crippen LogP contribution in [0.15, 0.2) is 64.4 Å². The number of hydrogen-bond donors (Lipinski definition) is 1. The van der Waals surface area contributed by atoms with Gasteiger partial charge in [-0.25, -0.2) is 22.2 Å². The minimum atomic E-state index is -4.20. The molecule has 0 aliphatic carbocycles. The molecule has 2 aromatic carbocycles. The molecule has 170 valence electrons. The van der Waals surface area contributed by atoms with E-state index in [-0.39, 0.29) is 18.1 Å². The number of aromatic nitrogens is 3. The SMILES string of the molecule is N#Cc1ccc(-n2c(O)c3n(c2=O)[C@@H]2CC3N(S(=O)(=O)c3ccccc3F)C2)c2cccnc12. The molecule has 0 spiro atoms. The van der Waals surface area contributed by atoms with E-state index >= 15 is 0 Å². The Balaban J connectivity index is 1.52. The normalized spacial score (nSPS) is 19.4. The number of benzene rings is 2. The van der Waals surface area contributed by atoms with Crippen LogP contribution in [0.5, 0.6) is 5.88 Å². The van der Waals surface area contributed by atoms with Gasteiger partial charge < -0.3 is 5.11 Å². The second-order valence-electron chi connectivity index (χ2n) is 8.25. The first-order valence-corrected chi connectivity index (χ1v) is 11.9. The molecule has 1 N–H and O–H groups in total. The number of fused-ring (bicyclic) bond motifs is 6. The Morgan fingerprint density at radius 3 is 2.71 bits per heavy atom. The zero-order valence-electron chi connectivity index (χ0n) is 17.5. The highest BCUT2D eigenvalue weighted by Crippen LogP contribution is 2.50. The van der Waals surface area contributed by atoms with Crippen molar-refractivity contribution in [1.82, 2.24) is 18.4 Å². The smallest absolute Gasteiger partial charge is 0.336 e. The minimum absolute atomic E-state index is 0.00658. The highest BCUT2D eigenvalue weighted by molar-refractivity contribution is 7.89. The van der Waals surface area contributed by atoms with Gasteiger partial charge in [-0.2, -0.15) is 9.57 Å². The summed E-state index contributed by atoms with van der Waals surface area (Å²) in [5, 5.41) is 21.1. The van der Waals surface area contributed by atoms with Gasteiger partial charge in [0, 0.05) is 18.1 Å². The second kappa shape index (κ2) is 6.99. The van der Waals surface area contributed by atoms with Crippen LogP contribution in [-0.4, -0.2) is 38.5 Å². The Morgan fingerprint density at radius 2 is 1.94 bits per heavy atom. The fourth-order valence-electron chi connectivity index (χ4n) is 5.11. The van der Waals surface area contributed by atoms with Gasteiger partial charge in [-0.15, -0.1) is 0 Å². The van der Waals surface area contributed by atoms with Gasteiger partial charge in [0.05, 0.1) is 28.9 Å². The maximum Gasteiger partial charge on any atom is 0.336 e. The third kappa shape index (κ3) is 2.57. The summed E-state index contributed by atoms with van der Waals surface area (Å²) in [6.07, 6.45) is 1.84. The molecule has 1 unspecified atom stereocenters. The Hall–Kier alpha value is -4.01. The van der Waals surface area contributed by atoms with Crippen molar-refractivity contribution in [3.05, 3.63) is 82.3 Å². The number of nitrogens with zero attached hydrogens (tertiary/aromatic N) is 5. The van der Waals surface area contributed by atoms with E-state index < -0.39 is 38.5 Å². The molecule has 2 atom stereocenters. The van der Waals surface area contributed by atoms with E-state index in [9.17, 15) is 28.0 Å².